The molecule has 3 aliphatic carbocycles. The zero-order chi connectivity index (χ0) is 32.9. The molecule has 248 valence electrons. The highest BCUT2D eigenvalue weighted by molar-refractivity contribution is 6.29. The van der Waals surface area contributed by atoms with Crippen LogP contribution in [0.25, 0.3) is 0 Å². The molecule has 0 atom stereocenters. The molecule has 2 spiro atoms. The number of carbonyl (C=O) groups is 6. The normalized spacial score (nSPS) is 29.5. The monoisotopic (exact) mass is 630 g/mol. The lowest BCUT2D eigenvalue weighted by molar-refractivity contribution is -0.161. The lowest BCUT2D eigenvalue weighted by Gasteiger charge is -2.59. The van der Waals surface area contributed by atoms with Gasteiger partial charge in [0, 0.05) is 26.2 Å². The molecular formula is C31H46N6O8. The van der Waals surface area contributed by atoms with Gasteiger partial charge in [-0.25, -0.2) is 14.4 Å². The van der Waals surface area contributed by atoms with Crippen molar-refractivity contribution in [3.63, 3.8) is 0 Å². The molecule has 0 aromatic heterocycles. The van der Waals surface area contributed by atoms with Crippen LogP contribution in [0.1, 0.15) is 85.0 Å². The summed E-state index contributed by atoms with van der Waals surface area (Å²) in [6.07, 6.45) is 7.10. The van der Waals surface area contributed by atoms with Crippen molar-refractivity contribution >= 4 is 35.8 Å². The predicted octanol–water partition coefficient (Wildman–Crippen LogP) is 1.81. The van der Waals surface area contributed by atoms with Crippen LogP contribution in [0, 0.1) is 11.3 Å². The van der Waals surface area contributed by atoms with Gasteiger partial charge in [-0.05, 0) is 83.5 Å². The van der Waals surface area contributed by atoms with E-state index in [1.54, 1.807) is 25.7 Å². The Hall–Kier alpha value is -3.68. The number of hydrogen-bond donors (Lipinski definition) is 2. The van der Waals surface area contributed by atoms with E-state index in [1.165, 1.54) is 11.9 Å². The Balaban J connectivity index is 1.22. The molecule has 5 rings (SSSR count). The molecule has 5 fully saturated rings. The van der Waals surface area contributed by atoms with Gasteiger partial charge in [0.05, 0.1) is 6.61 Å². The lowest BCUT2D eigenvalue weighted by atomic mass is 9.51. The molecule has 7 amide bonds. The number of urea groups is 2. The van der Waals surface area contributed by atoms with Crippen molar-refractivity contribution in [3.8, 4) is 0 Å². The summed E-state index contributed by atoms with van der Waals surface area (Å²) in [6, 6.07) is -1.47. The van der Waals surface area contributed by atoms with Crippen LogP contribution < -0.4 is 11.5 Å². The number of ether oxygens (including phenoxy) is 2. The van der Waals surface area contributed by atoms with Crippen molar-refractivity contribution < 1.29 is 38.2 Å². The van der Waals surface area contributed by atoms with E-state index >= 15 is 0 Å². The summed E-state index contributed by atoms with van der Waals surface area (Å²) in [5.41, 5.74) is 9.35. The second-order valence-electron chi connectivity index (χ2n) is 14.4. The molecular weight excluding hydrogens is 584 g/mol. The minimum absolute atomic E-state index is 0.0678. The lowest BCUT2D eigenvalue weighted by Crippen LogP contribution is -2.66. The number of esters is 1. The van der Waals surface area contributed by atoms with Crippen LogP contribution in [0.4, 0.5) is 9.59 Å². The minimum atomic E-state index is -0.987. The van der Waals surface area contributed by atoms with E-state index in [9.17, 15) is 28.8 Å². The zero-order valence-electron chi connectivity index (χ0n) is 26.8. The number of imide groups is 3. The third-order valence-corrected chi connectivity index (χ3v) is 10.1. The first-order valence-corrected chi connectivity index (χ1v) is 15.9. The number of nitrogens with zero attached hydrogens (tertiary/aromatic N) is 4. The molecule has 2 saturated heterocycles. The maximum absolute atomic E-state index is 13.6. The van der Waals surface area contributed by atoms with E-state index in [-0.39, 0.29) is 49.1 Å². The summed E-state index contributed by atoms with van der Waals surface area (Å²) < 4.78 is 10.7. The Labute approximate surface area is 263 Å². The minimum Gasteiger partial charge on any atom is -0.458 e. The molecule has 14 nitrogen and oxygen atoms in total. The van der Waals surface area contributed by atoms with Gasteiger partial charge in [0.15, 0.2) is 0 Å². The third-order valence-electron chi connectivity index (χ3n) is 10.1. The van der Waals surface area contributed by atoms with Gasteiger partial charge >= 0.3 is 18.0 Å². The number of likely N-dealkylation sites (N-methyl/N-ethyl adjacent to an activating group) is 1. The van der Waals surface area contributed by atoms with Gasteiger partial charge in [-0.15, -0.1) is 0 Å². The highest BCUT2D eigenvalue weighted by atomic mass is 16.6. The van der Waals surface area contributed by atoms with Crippen LogP contribution in [0.2, 0.25) is 0 Å². The number of rotatable bonds is 8. The van der Waals surface area contributed by atoms with Crippen molar-refractivity contribution in [3.05, 3.63) is 11.4 Å². The van der Waals surface area contributed by atoms with Crippen LogP contribution in [-0.4, -0.2) is 106 Å². The van der Waals surface area contributed by atoms with Gasteiger partial charge in [0.1, 0.15) is 29.1 Å². The van der Waals surface area contributed by atoms with Crippen molar-refractivity contribution in [2.24, 2.45) is 22.8 Å². The average molecular weight is 631 g/mol. The third kappa shape index (κ3) is 6.00. The summed E-state index contributed by atoms with van der Waals surface area (Å²) in [6.45, 7) is 5.48. The van der Waals surface area contributed by atoms with Gasteiger partial charge < -0.3 is 25.8 Å². The Morgan fingerprint density at radius 3 is 2.13 bits per heavy atom. The SMILES string of the molecule is CN1C(=O)N(CCOCC(=O)OC(C)(C)C)C2(CC3(CCC(N4C(=O)C(=C(N)N)C(=O)N(CC5CCCC5)C4=O)CC3)C2)C1=O. The predicted molar refractivity (Wildman–Crippen MR) is 160 cm³/mol. The Morgan fingerprint density at radius 1 is 0.933 bits per heavy atom. The molecule has 4 N–H and O–H groups in total. The second-order valence-corrected chi connectivity index (χ2v) is 14.4. The van der Waals surface area contributed by atoms with E-state index in [0.717, 1.165) is 35.5 Å². The number of barbiturate groups is 1. The number of carbonyl (C=O) groups excluding carboxylic acids is 6. The van der Waals surface area contributed by atoms with Crippen LogP contribution >= 0.6 is 0 Å². The first kappa shape index (κ1) is 32.7. The molecule has 45 heavy (non-hydrogen) atoms. The standard InChI is InChI=1S/C31H46N6O8/c1-29(2,3)45-21(38)16-44-14-13-36-27(42)34(4)26(41)31(36)17-30(18-31)11-9-20(10-12-30)37-25(40)22(23(32)33)24(39)35(28(37)43)15-19-7-5-6-8-19/h19-20H,5-18,32-33H2,1-4H3. The van der Waals surface area contributed by atoms with Crippen LogP contribution in [0.3, 0.4) is 0 Å². The molecule has 0 bridgehead atoms. The summed E-state index contributed by atoms with van der Waals surface area (Å²) in [4.78, 5) is 83.6. The van der Waals surface area contributed by atoms with Crippen LogP contribution in [0.15, 0.2) is 11.4 Å². The zero-order valence-corrected chi connectivity index (χ0v) is 26.8. The highest BCUT2D eigenvalue weighted by Crippen LogP contribution is 2.61. The Bertz CT molecular complexity index is 1300. The highest BCUT2D eigenvalue weighted by Gasteiger charge is 2.68. The van der Waals surface area contributed by atoms with Crippen LogP contribution in [-0.2, 0) is 28.7 Å². The van der Waals surface area contributed by atoms with E-state index in [0.29, 0.717) is 38.5 Å². The smallest absolute Gasteiger partial charge is 0.334 e. The van der Waals surface area contributed by atoms with E-state index in [2.05, 4.69) is 0 Å². The molecule has 14 heteroatoms. The second kappa shape index (κ2) is 11.9. The molecule has 5 aliphatic rings. The van der Waals surface area contributed by atoms with Crippen molar-refractivity contribution in [1.82, 2.24) is 19.6 Å². The van der Waals surface area contributed by atoms with Gasteiger partial charge in [-0.2, -0.15) is 0 Å². The number of hydrogen-bond acceptors (Lipinski definition) is 10. The van der Waals surface area contributed by atoms with E-state index < -0.39 is 52.8 Å². The fourth-order valence-corrected chi connectivity index (χ4v) is 8.06. The maximum atomic E-state index is 13.6. The molecule has 0 aromatic rings. The van der Waals surface area contributed by atoms with E-state index in [1.807, 2.05) is 0 Å². The summed E-state index contributed by atoms with van der Waals surface area (Å²) in [7, 11) is 1.47. The summed E-state index contributed by atoms with van der Waals surface area (Å²) in [5.74, 6) is -2.46. The van der Waals surface area contributed by atoms with Crippen molar-refractivity contribution in [2.75, 3.05) is 33.4 Å². The fraction of sp³-hybridized carbons (Fsp3) is 0.742. The number of amides is 7. The Kier molecular flexibility index (Phi) is 8.66. The maximum Gasteiger partial charge on any atom is 0.334 e. The Morgan fingerprint density at radius 2 is 1.56 bits per heavy atom. The first-order valence-electron chi connectivity index (χ1n) is 15.9. The van der Waals surface area contributed by atoms with Crippen LogP contribution in [0.5, 0.6) is 0 Å². The largest absolute Gasteiger partial charge is 0.458 e. The molecule has 0 radical (unpaired) electrons. The van der Waals surface area contributed by atoms with Gasteiger partial charge in [-0.1, -0.05) is 12.8 Å². The summed E-state index contributed by atoms with van der Waals surface area (Å²) in [5, 5.41) is 0. The fourth-order valence-electron chi connectivity index (χ4n) is 8.06. The molecule has 0 aromatic carbocycles. The first-order chi connectivity index (χ1) is 21.1. The summed E-state index contributed by atoms with van der Waals surface area (Å²) >= 11 is 0. The van der Waals surface area contributed by atoms with Crippen molar-refractivity contribution in [2.45, 2.75) is 102 Å². The molecule has 3 saturated carbocycles. The quantitative estimate of drug-likeness (QED) is 0.132. The van der Waals surface area contributed by atoms with Gasteiger partial charge in [-0.3, -0.25) is 29.1 Å². The van der Waals surface area contributed by atoms with E-state index in [4.69, 9.17) is 20.9 Å². The van der Waals surface area contributed by atoms with Crippen molar-refractivity contribution in [1.29, 1.82) is 0 Å². The van der Waals surface area contributed by atoms with Gasteiger partial charge in [0.2, 0.25) is 0 Å². The molecule has 0 unspecified atom stereocenters. The number of nitrogens with two attached hydrogens (primary N) is 2. The molecule has 2 aliphatic heterocycles. The average Bonchev–Trinajstić information content (AvgIpc) is 3.51. The topological polar surface area (TPSA) is 186 Å². The molecule has 2 heterocycles. The van der Waals surface area contributed by atoms with Gasteiger partial charge in [0.25, 0.3) is 17.7 Å².